The van der Waals surface area contributed by atoms with Crippen LogP contribution in [0.25, 0.3) is 0 Å². The Morgan fingerprint density at radius 1 is 1.29 bits per heavy atom. The van der Waals surface area contributed by atoms with E-state index in [0.29, 0.717) is 0 Å². The predicted molar refractivity (Wildman–Crippen MR) is 52.5 cm³/mol. The number of carbonyl (C=O) groups is 1. The third-order valence-electron chi connectivity index (χ3n) is 2.89. The zero-order valence-electron chi connectivity index (χ0n) is 8.45. The van der Waals surface area contributed by atoms with Gasteiger partial charge in [0.15, 0.2) is 0 Å². The minimum atomic E-state index is -0.161. The summed E-state index contributed by atoms with van der Waals surface area (Å²) in [5, 5.41) is 0. The number of amides is 1. The minimum Gasteiger partial charge on any atom is -0.368 e. The molecule has 2 aliphatic rings. The molecule has 2 rings (SSSR count). The first kappa shape index (κ1) is 9.93. The van der Waals surface area contributed by atoms with Gasteiger partial charge in [0.2, 0.25) is 0 Å². The van der Waals surface area contributed by atoms with Gasteiger partial charge in [0.05, 0.1) is 0 Å². The molecule has 0 aromatic heterocycles. The van der Waals surface area contributed by atoms with Gasteiger partial charge < -0.3 is 9.64 Å². The minimum absolute atomic E-state index is 0.161. The van der Waals surface area contributed by atoms with Crippen LogP contribution in [0.1, 0.15) is 12.8 Å². The Hall–Kier alpha value is -0.610. The summed E-state index contributed by atoms with van der Waals surface area (Å²) in [6, 6.07) is 0. The largest absolute Gasteiger partial charge is 0.368 e. The Morgan fingerprint density at radius 3 is 2.57 bits per heavy atom. The maximum atomic E-state index is 11.9. The van der Waals surface area contributed by atoms with Crippen LogP contribution >= 0.6 is 0 Å². The van der Waals surface area contributed by atoms with Gasteiger partial charge in [-0.3, -0.25) is 9.69 Å². The summed E-state index contributed by atoms with van der Waals surface area (Å²) >= 11 is 0. The van der Waals surface area contributed by atoms with E-state index in [4.69, 9.17) is 4.74 Å². The summed E-state index contributed by atoms with van der Waals surface area (Å²) < 4.78 is 5.37. The molecule has 1 amide bonds. The zero-order chi connectivity index (χ0) is 9.97. The Labute approximate surface area is 84.8 Å². The fraction of sp³-hybridized carbons (Fsp3) is 0.800. The van der Waals surface area contributed by atoms with E-state index in [-0.39, 0.29) is 12.0 Å². The van der Waals surface area contributed by atoms with Gasteiger partial charge in [-0.15, -0.1) is 0 Å². The fourth-order valence-electron chi connectivity index (χ4n) is 1.94. The van der Waals surface area contributed by atoms with Crippen molar-refractivity contribution < 1.29 is 9.53 Å². The lowest BCUT2D eigenvalue weighted by molar-refractivity contribution is -0.142. The molecule has 0 saturated carbocycles. The van der Waals surface area contributed by atoms with Gasteiger partial charge in [-0.2, -0.15) is 0 Å². The molecule has 0 N–H and O–H groups in total. The van der Waals surface area contributed by atoms with E-state index in [1.807, 2.05) is 9.80 Å². The molecule has 4 heteroatoms. The van der Waals surface area contributed by atoms with Gasteiger partial charge in [0, 0.05) is 39.8 Å². The Kier molecular flexibility index (Phi) is 3.03. The molecule has 1 unspecified atom stereocenters. The average molecular weight is 197 g/mol. The molecule has 2 aliphatic heterocycles. The van der Waals surface area contributed by atoms with Gasteiger partial charge in [-0.1, -0.05) is 0 Å². The van der Waals surface area contributed by atoms with Crippen molar-refractivity contribution in [2.75, 3.05) is 32.8 Å². The molecule has 0 aliphatic carbocycles. The molecular formula is C10H17N2O2. The molecule has 0 bridgehead atoms. The number of carbonyl (C=O) groups excluding carboxylic acids is 1. The summed E-state index contributed by atoms with van der Waals surface area (Å²) in [4.78, 5) is 15.8. The van der Waals surface area contributed by atoms with Crippen molar-refractivity contribution in [2.24, 2.45) is 0 Å². The van der Waals surface area contributed by atoms with E-state index in [1.165, 1.54) is 0 Å². The molecule has 2 fully saturated rings. The number of ether oxygens (including phenoxy) is 1. The highest BCUT2D eigenvalue weighted by Crippen LogP contribution is 2.15. The van der Waals surface area contributed by atoms with E-state index in [2.05, 4.69) is 7.05 Å². The van der Waals surface area contributed by atoms with Gasteiger partial charge in [-0.05, 0) is 12.8 Å². The molecule has 2 saturated heterocycles. The summed E-state index contributed by atoms with van der Waals surface area (Å²) in [6.07, 6.45) is 1.75. The summed E-state index contributed by atoms with van der Waals surface area (Å²) in [5.41, 5.74) is 0. The highest BCUT2D eigenvalue weighted by Gasteiger charge is 2.29. The van der Waals surface area contributed by atoms with Crippen LogP contribution < -0.4 is 0 Å². The maximum Gasteiger partial charge on any atom is 0.251 e. The third kappa shape index (κ3) is 2.07. The smallest absolute Gasteiger partial charge is 0.251 e. The molecule has 0 aromatic carbocycles. The van der Waals surface area contributed by atoms with Gasteiger partial charge in [-0.25, -0.2) is 0 Å². The van der Waals surface area contributed by atoms with Crippen molar-refractivity contribution in [1.29, 1.82) is 0 Å². The lowest BCUT2D eigenvalue weighted by Crippen LogP contribution is -2.49. The van der Waals surface area contributed by atoms with Crippen LogP contribution in [0.2, 0.25) is 0 Å². The lowest BCUT2D eigenvalue weighted by Gasteiger charge is -2.33. The second-order valence-corrected chi connectivity index (χ2v) is 3.94. The molecule has 1 radical (unpaired) electrons. The summed E-state index contributed by atoms with van der Waals surface area (Å²) in [6.45, 7) is 4.08. The van der Waals surface area contributed by atoms with E-state index >= 15 is 0 Å². The zero-order valence-corrected chi connectivity index (χ0v) is 8.45. The van der Waals surface area contributed by atoms with Crippen LogP contribution in [0.3, 0.4) is 0 Å². The number of rotatable bonds is 1. The molecule has 0 spiro atoms. The fourth-order valence-corrected chi connectivity index (χ4v) is 1.94. The molecule has 1 atom stereocenters. The van der Waals surface area contributed by atoms with Crippen molar-refractivity contribution in [2.45, 2.75) is 18.9 Å². The molecular weight excluding hydrogens is 180 g/mol. The normalized spacial score (nSPS) is 29.5. The van der Waals surface area contributed by atoms with Crippen molar-refractivity contribution in [3.8, 4) is 0 Å². The quantitative estimate of drug-likeness (QED) is 0.598. The van der Waals surface area contributed by atoms with Crippen LogP contribution in [0.5, 0.6) is 0 Å². The molecule has 2 heterocycles. The first-order valence-electron chi connectivity index (χ1n) is 5.23. The highest BCUT2D eigenvalue weighted by atomic mass is 16.5. The monoisotopic (exact) mass is 197 g/mol. The number of piperazine rings is 1. The van der Waals surface area contributed by atoms with Crippen molar-refractivity contribution in [3.05, 3.63) is 7.05 Å². The van der Waals surface area contributed by atoms with Gasteiger partial charge in [0.1, 0.15) is 6.10 Å². The van der Waals surface area contributed by atoms with Crippen molar-refractivity contribution >= 4 is 5.91 Å². The Morgan fingerprint density at radius 2 is 2.00 bits per heavy atom. The van der Waals surface area contributed by atoms with Crippen LogP contribution in [-0.2, 0) is 9.53 Å². The molecule has 0 aromatic rings. The van der Waals surface area contributed by atoms with Crippen LogP contribution in [-0.4, -0.2) is 54.6 Å². The van der Waals surface area contributed by atoms with E-state index in [1.54, 1.807) is 0 Å². The number of hydrogen-bond donors (Lipinski definition) is 0. The van der Waals surface area contributed by atoms with E-state index in [9.17, 15) is 4.79 Å². The van der Waals surface area contributed by atoms with Crippen molar-refractivity contribution in [3.63, 3.8) is 0 Å². The lowest BCUT2D eigenvalue weighted by atomic mass is 10.2. The first-order chi connectivity index (χ1) is 6.77. The van der Waals surface area contributed by atoms with Crippen molar-refractivity contribution in [1.82, 2.24) is 9.80 Å². The van der Waals surface area contributed by atoms with Crippen LogP contribution in [0, 0.1) is 7.05 Å². The predicted octanol–water partition coefficient (Wildman–Crippen LogP) is 0.101. The number of hydrogen-bond acceptors (Lipinski definition) is 3. The SMILES string of the molecule is [CH2]N1CCN(C(=O)C2CCCO2)CC1. The first-order valence-corrected chi connectivity index (χ1v) is 5.23. The molecule has 14 heavy (non-hydrogen) atoms. The van der Waals surface area contributed by atoms with Gasteiger partial charge in [0.25, 0.3) is 5.91 Å². The topological polar surface area (TPSA) is 32.8 Å². The maximum absolute atomic E-state index is 11.9. The standard InChI is InChI=1S/C10H17N2O2/c1-11-4-6-12(7-5-11)10(13)9-3-2-8-14-9/h9H,1-8H2. The van der Waals surface area contributed by atoms with E-state index < -0.39 is 0 Å². The van der Waals surface area contributed by atoms with Crippen LogP contribution in [0.15, 0.2) is 0 Å². The van der Waals surface area contributed by atoms with Crippen LogP contribution in [0.4, 0.5) is 0 Å². The Balaban J connectivity index is 1.85. The second kappa shape index (κ2) is 4.28. The second-order valence-electron chi connectivity index (χ2n) is 3.94. The summed E-state index contributed by atoms with van der Waals surface area (Å²) in [5.74, 6) is 0.176. The third-order valence-corrected chi connectivity index (χ3v) is 2.89. The summed E-state index contributed by atoms with van der Waals surface area (Å²) in [7, 11) is 3.85. The van der Waals surface area contributed by atoms with Gasteiger partial charge >= 0.3 is 0 Å². The van der Waals surface area contributed by atoms with E-state index in [0.717, 1.165) is 45.6 Å². The number of nitrogens with zero attached hydrogens (tertiary/aromatic N) is 2. The highest BCUT2D eigenvalue weighted by molar-refractivity contribution is 5.81. The molecule has 79 valence electrons. The molecule has 4 nitrogen and oxygen atoms in total. The Bertz CT molecular complexity index is 206. The average Bonchev–Trinajstić information content (AvgIpc) is 2.71.